The molecule has 0 aliphatic rings. The fourth-order valence-electron chi connectivity index (χ4n) is 2.02. The summed E-state index contributed by atoms with van der Waals surface area (Å²) in [5.74, 6) is -0.620. The first-order valence-electron chi connectivity index (χ1n) is 6.80. The smallest absolute Gasteiger partial charge is 0.310 e. The fourth-order valence-corrected chi connectivity index (χ4v) is 2.02. The normalized spacial score (nSPS) is 10.0. The van der Waals surface area contributed by atoms with E-state index >= 15 is 0 Å². The van der Waals surface area contributed by atoms with Crippen LogP contribution in [0.25, 0.3) is 0 Å². The van der Waals surface area contributed by atoms with Crippen LogP contribution in [-0.2, 0) is 4.79 Å². The van der Waals surface area contributed by atoms with Crippen LogP contribution in [0.5, 0.6) is 5.75 Å². The lowest BCUT2D eigenvalue weighted by Crippen LogP contribution is -2.21. The molecule has 0 saturated carbocycles. The van der Waals surface area contributed by atoms with Crippen molar-refractivity contribution < 1.29 is 19.4 Å². The van der Waals surface area contributed by atoms with E-state index in [9.17, 15) is 25.0 Å². The first-order valence-corrected chi connectivity index (χ1v) is 6.80. The molecule has 0 aliphatic heterocycles. The highest BCUT2D eigenvalue weighted by Gasteiger charge is 2.17. The maximum Gasteiger partial charge on any atom is 0.310 e. The van der Waals surface area contributed by atoms with E-state index in [2.05, 4.69) is 5.32 Å². The van der Waals surface area contributed by atoms with Gasteiger partial charge >= 0.3 is 5.69 Å². The molecule has 0 aromatic heterocycles. The van der Waals surface area contributed by atoms with Crippen LogP contribution in [-0.4, -0.2) is 22.4 Å². The molecule has 9 heteroatoms. The third-order valence-corrected chi connectivity index (χ3v) is 3.20. The lowest BCUT2D eigenvalue weighted by atomic mass is 10.1. The molecule has 2 aromatic carbocycles. The maximum atomic E-state index is 11.9. The van der Waals surface area contributed by atoms with Crippen LogP contribution >= 0.6 is 0 Å². The van der Waals surface area contributed by atoms with E-state index in [1.165, 1.54) is 43.3 Å². The second kappa shape index (κ2) is 7.18. The van der Waals surface area contributed by atoms with E-state index < -0.39 is 22.4 Å². The standard InChI is InChI=1S/C15H13N3O6/c1-10-11(5-4-7-12(10)17(20)21)16-15(19)9-24-14-8-3-2-6-13(14)18(22)23/h2-8H,9H2,1H3,(H,16,19). The van der Waals surface area contributed by atoms with Gasteiger partial charge in [-0.15, -0.1) is 0 Å². The molecule has 1 N–H and O–H groups in total. The number of nitrogens with one attached hydrogen (secondary N) is 1. The number of nitro benzene ring substituents is 2. The Balaban J connectivity index is 2.06. The van der Waals surface area contributed by atoms with Gasteiger partial charge in [0.2, 0.25) is 0 Å². The molecule has 0 aliphatic carbocycles. The molecule has 1 amide bonds. The first kappa shape index (κ1) is 16.9. The van der Waals surface area contributed by atoms with Crippen LogP contribution in [0.3, 0.4) is 0 Å². The number of anilines is 1. The maximum absolute atomic E-state index is 11.9. The highest BCUT2D eigenvalue weighted by Crippen LogP contribution is 2.27. The quantitative estimate of drug-likeness (QED) is 0.641. The zero-order valence-electron chi connectivity index (χ0n) is 12.6. The molecule has 9 nitrogen and oxygen atoms in total. The van der Waals surface area contributed by atoms with E-state index in [0.717, 1.165) is 0 Å². The Morgan fingerprint density at radius 3 is 2.33 bits per heavy atom. The van der Waals surface area contributed by atoms with E-state index in [4.69, 9.17) is 4.74 Å². The van der Waals surface area contributed by atoms with Gasteiger partial charge in [0.1, 0.15) is 0 Å². The van der Waals surface area contributed by atoms with E-state index in [0.29, 0.717) is 5.56 Å². The van der Waals surface area contributed by atoms with Gasteiger partial charge in [0.05, 0.1) is 21.1 Å². The largest absolute Gasteiger partial charge is 0.477 e. The number of nitrogens with zero attached hydrogens (tertiary/aromatic N) is 2. The second-order valence-electron chi connectivity index (χ2n) is 4.77. The van der Waals surface area contributed by atoms with Gasteiger partial charge in [-0.1, -0.05) is 18.2 Å². The predicted molar refractivity (Wildman–Crippen MR) is 85.1 cm³/mol. The molecule has 0 saturated heterocycles. The molecule has 0 atom stereocenters. The lowest BCUT2D eigenvalue weighted by Gasteiger charge is -2.09. The summed E-state index contributed by atoms with van der Waals surface area (Å²) in [6.07, 6.45) is 0. The Labute approximate surface area is 136 Å². The Hall–Kier alpha value is -3.49. The molecule has 124 valence electrons. The summed E-state index contributed by atoms with van der Waals surface area (Å²) in [6.45, 7) is 1.05. The van der Waals surface area contributed by atoms with E-state index in [1.807, 2.05) is 0 Å². The van der Waals surface area contributed by atoms with Crippen molar-refractivity contribution in [2.45, 2.75) is 6.92 Å². The Morgan fingerprint density at radius 1 is 1.04 bits per heavy atom. The first-order chi connectivity index (χ1) is 11.4. The van der Waals surface area contributed by atoms with Crippen LogP contribution in [0.4, 0.5) is 17.1 Å². The second-order valence-corrected chi connectivity index (χ2v) is 4.77. The minimum atomic E-state index is -0.613. The number of hydrogen-bond donors (Lipinski definition) is 1. The van der Waals surface area contributed by atoms with Crippen LogP contribution < -0.4 is 10.1 Å². The predicted octanol–water partition coefficient (Wildman–Crippen LogP) is 2.83. The number of amides is 1. The topological polar surface area (TPSA) is 125 Å². The van der Waals surface area contributed by atoms with Crippen molar-refractivity contribution in [3.8, 4) is 5.75 Å². The van der Waals surface area contributed by atoms with Gasteiger partial charge in [0, 0.05) is 12.1 Å². The number of hydrogen-bond acceptors (Lipinski definition) is 6. The summed E-state index contributed by atoms with van der Waals surface area (Å²) in [7, 11) is 0. The van der Waals surface area contributed by atoms with Crippen LogP contribution in [0.1, 0.15) is 5.56 Å². The minimum Gasteiger partial charge on any atom is -0.477 e. The van der Waals surface area contributed by atoms with Gasteiger partial charge in [-0.05, 0) is 19.1 Å². The highest BCUT2D eigenvalue weighted by atomic mass is 16.6. The fraction of sp³-hybridized carbons (Fsp3) is 0.133. The lowest BCUT2D eigenvalue weighted by molar-refractivity contribution is -0.385. The monoisotopic (exact) mass is 331 g/mol. The summed E-state index contributed by atoms with van der Waals surface area (Å²) in [6, 6.07) is 9.97. The van der Waals surface area contributed by atoms with Crippen molar-refractivity contribution in [3.63, 3.8) is 0 Å². The van der Waals surface area contributed by atoms with Crippen molar-refractivity contribution in [1.29, 1.82) is 0 Å². The zero-order valence-corrected chi connectivity index (χ0v) is 12.6. The molecule has 0 fully saturated rings. The Morgan fingerprint density at radius 2 is 1.67 bits per heavy atom. The van der Waals surface area contributed by atoms with Gasteiger partial charge < -0.3 is 10.1 Å². The van der Waals surface area contributed by atoms with Crippen molar-refractivity contribution in [3.05, 3.63) is 68.3 Å². The number of nitro groups is 2. The third kappa shape index (κ3) is 3.83. The van der Waals surface area contributed by atoms with Gasteiger partial charge in [0.15, 0.2) is 12.4 Å². The highest BCUT2D eigenvalue weighted by molar-refractivity contribution is 5.93. The summed E-state index contributed by atoms with van der Waals surface area (Å²) in [5, 5.41) is 24.2. The molecular weight excluding hydrogens is 318 g/mol. The summed E-state index contributed by atoms with van der Waals surface area (Å²) in [5.41, 5.74) is 0.214. The summed E-state index contributed by atoms with van der Waals surface area (Å²) >= 11 is 0. The van der Waals surface area contributed by atoms with Gasteiger partial charge in [0.25, 0.3) is 11.6 Å². The summed E-state index contributed by atoms with van der Waals surface area (Å²) < 4.78 is 5.16. The van der Waals surface area contributed by atoms with Crippen LogP contribution in [0.15, 0.2) is 42.5 Å². The number of carbonyl (C=O) groups excluding carboxylic acids is 1. The number of benzene rings is 2. The molecule has 24 heavy (non-hydrogen) atoms. The molecular formula is C15H13N3O6. The molecule has 2 aromatic rings. The average Bonchev–Trinajstić information content (AvgIpc) is 2.54. The molecule has 0 unspecified atom stereocenters. The SMILES string of the molecule is Cc1c(NC(=O)COc2ccccc2[N+](=O)[O-])cccc1[N+](=O)[O-]. The van der Waals surface area contributed by atoms with E-state index in [1.54, 1.807) is 6.07 Å². The van der Waals surface area contributed by atoms with Crippen LogP contribution in [0, 0.1) is 27.2 Å². The number of para-hydroxylation sites is 2. The molecule has 0 radical (unpaired) electrons. The summed E-state index contributed by atoms with van der Waals surface area (Å²) in [4.78, 5) is 32.5. The zero-order chi connectivity index (χ0) is 17.7. The minimum absolute atomic E-state index is 0.0339. The Kier molecular flexibility index (Phi) is 5.05. The van der Waals surface area contributed by atoms with Gasteiger partial charge in [-0.2, -0.15) is 0 Å². The number of rotatable bonds is 6. The molecule has 0 spiro atoms. The van der Waals surface area contributed by atoms with Gasteiger partial charge in [-0.25, -0.2) is 0 Å². The van der Waals surface area contributed by atoms with Crippen molar-refractivity contribution >= 4 is 23.0 Å². The van der Waals surface area contributed by atoms with Crippen molar-refractivity contribution in [1.82, 2.24) is 0 Å². The Bertz CT molecular complexity index is 806. The molecule has 0 bridgehead atoms. The number of ether oxygens (including phenoxy) is 1. The van der Waals surface area contributed by atoms with Crippen molar-refractivity contribution in [2.24, 2.45) is 0 Å². The van der Waals surface area contributed by atoms with Gasteiger partial charge in [-0.3, -0.25) is 25.0 Å². The molecule has 0 heterocycles. The van der Waals surface area contributed by atoms with Crippen molar-refractivity contribution in [2.75, 3.05) is 11.9 Å². The average molecular weight is 331 g/mol. The van der Waals surface area contributed by atoms with E-state index in [-0.39, 0.29) is 22.8 Å². The molecule has 2 rings (SSSR count). The third-order valence-electron chi connectivity index (χ3n) is 3.20. The number of carbonyl (C=O) groups is 1. The van der Waals surface area contributed by atoms with Crippen LogP contribution in [0.2, 0.25) is 0 Å².